The Morgan fingerprint density at radius 1 is 1.35 bits per heavy atom. The maximum atomic E-state index is 12.6. The van der Waals surface area contributed by atoms with Crippen LogP contribution in [-0.2, 0) is 16.1 Å². The van der Waals surface area contributed by atoms with Gasteiger partial charge in [0.05, 0.1) is 0 Å². The average Bonchev–Trinajstić information content (AvgIpc) is 3.43. The number of piperidine rings is 1. The molecule has 0 aromatic heterocycles. The molecule has 2 N–H and O–H groups in total. The van der Waals surface area contributed by atoms with E-state index in [1.54, 1.807) is 4.90 Å². The Morgan fingerprint density at radius 3 is 2.77 bits per heavy atom. The number of amides is 2. The molecule has 5 nitrogen and oxygen atoms in total. The van der Waals surface area contributed by atoms with Gasteiger partial charge in [-0.1, -0.05) is 29.8 Å². The lowest BCUT2D eigenvalue weighted by Gasteiger charge is -2.35. The van der Waals surface area contributed by atoms with Crippen molar-refractivity contribution < 1.29 is 9.59 Å². The van der Waals surface area contributed by atoms with Crippen molar-refractivity contribution in [2.24, 2.45) is 5.92 Å². The standard InChI is InChI=1S/C20H28ClN3O2/c1-13(22-17-9-10-18(25)23-20(17)14-7-8-14)11-19(26)24(2)12-15-5-3-4-6-16(15)21/h3-6,13-14,17,20,22H,7-12H2,1-2H3,(H,23,25). The summed E-state index contributed by atoms with van der Waals surface area (Å²) < 4.78 is 0. The van der Waals surface area contributed by atoms with Crippen LogP contribution in [-0.4, -0.2) is 41.9 Å². The summed E-state index contributed by atoms with van der Waals surface area (Å²) in [6, 6.07) is 8.15. The number of nitrogens with zero attached hydrogens (tertiary/aromatic N) is 1. The quantitative estimate of drug-likeness (QED) is 0.768. The molecule has 3 atom stereocenters. The topological polar surface area (TPSA) is 61.4 Å². The third kappa shape index (κ3) is 4.98. The average molecular weight is 378 g/mol. The number of halogens is 1. The van der Waals surface area contributed by atoms with Crippen molar-refractivity contribution in [3.63, 3.8) is 0 Å². The highest BCUT2D eigenvalue weighted by Gasteiger charge is 2.40. The van der Waals surface area contributed by atoms with Gasteiger partial charge in [0, 0.05) is 49.6 Å². The minimum absolute atomic E-state index is 0.0671. The second-order valence-electron chi connectivity index (χ2n) is 7.69. The van der Waals surface area contributed by atoms with Crippen LogP contribution in [0, 0.1) is 5.92 Å². The Kier molecular flexibility index (Phi) is 6.20. The number of carbonyl (C=O) groups excluding carboxylic acids is 2. The van der Waals surface area contributed by atoms with Crippen molar-refractivity contribution in [1.82, 2.24) is 15.5 Å². The first kappa shape index (κ1) is 19.2. The van der Waals surface area contributed by atoms with Gasteiger partial charge in [-0.3, -0.25) is 9.59 Å². The van der Waals surface area contributed by atoms with E-state index < -0.39 is 0 Å². The van der Waals surface area contributed by atoms with E-state index in [9.17, 15) is 9.59 Å². The lowest BCUT2D eigenvalue weighted by atomic mass is 9.93. The Labute approximate surface area is 160 Å². The summed E-state index contributed by atoms with van der Waals surface area (Å²) in [5.41, 5.74) is 0.953. The molecule has 1 aliphatic heterocycles. The normalized spacial score (nSPS) is 24.0. The lowest BCUT2D eigenvalue weighted by Crippen LogP contribution is -2.57. The molecule has 1 aromatic carbocycles. The Morgan fingerprint density at radius 2 is 2.08 bits per heavy atom. The van der Waals surface area contributed by atoms with Crippen molar-refractivity contribution in [1.29, 1.82) is 0 Å². The summed E-state index contributed by atoms with van der Waals surface area (Å²) in [6.07, 6.45) is 4.23. The van der Waals surface area contributed by atoms with Gasteiger partial charge in [-0.05, 0) is 43.7 Å². The molecule has 0 radical (unpaired) electrons. The molecule has 1 aliphatic carbocycles. The van der Waals surface area contributed by atoms with E-state index in [1.165, 1.54) is 12.8 Å². The van der Waals surface area contributed by atoms with E-state index in [0.29, 0.717) is 30.3 Å². The Balaban J connectivity index is 1.50. The fourth-order valence-corrected chi connectivity index (χ4v) is 3.92. The van der Waals surface area contributed by atoms with E-state index in [4.69, 9.17) is 11.6 Å². The zero-order chi connectivity index (χ0) is 18.7. The molecule has 0 spiro atoms. The molecule has 2 aliphatic rings. The fraction of sp³-hybridized carbons (Fsp3) is 0.600. The van der Waals surface area contributed by atoms with Crippen LogP contribution in [0.3, 0.4) is 0 Å². The molecule has 3 rings (SSSR count). The van der Waals surface area contributed by atoms with E-state index in [1.807, 2.05) is 38.2 Å². The second-order valence-corrected chi connectivity index (χ2v) is 8.10. The number of hydrogen-bond donors (Lipinski definition) is 2. The van der Waals surface area contributed by atoms with Crippen molar-refractivity contribution in [3.05, 3.63) is 34.9 Å². The first-order valence-corrected chi connectivity index (χ1v) is 9.84. The molecular formula is C20H28ClN3O2. The van der Waals surface area contributed by atoms with Gasteiger partial charge in [0.2, 0.25) is 11.8 Å². The number of nitrogens with one attached hydrogen (secondary N) is 2. The monoisotopic (exact) mass is 377 g/mol. The molecule has 1 heterocycles. The van der Waals surface area contributed by atoms with Gasteiger partial charge in [-0.2, -0.15) is 0 Å². The zero-order valence-corrected chi connectivity index (χ0v) is 16.3. The van der Waals surface area contributed by atoms with Crippen LogP contribution in [0.2, 0.25) is 5.02 Å². The van der Waals surface area contributed by atoms with Crippen molar-refractivity contribution in [2.75, 3.05) is 7.05 Å². The van der Waals surface area contributed by atoms with Gasteiger partial charge >= 0.3 is 0 Å². The third-order valence-electron chi connectivity index (χ3n) is 5.34. The van der Waals surface area contributed by atoms with Crippen LogP contribution in [0.15, 0.2) is 24.3 Å². The van der Waals surface area contributed by atoms with Crippen molar-refractivity contribution in [2.45, 2.75) is 63.7 Å². The molecule has 142 valence electrons. The smallest absolute Gasteiger partial charge is 0.224 e. The predicted octanol–water partition coefficient (Wildman–Crippen LogP) is 2.72. The Hall–Kier alpha value is -1.59. The van der Waals surface area contributed by atoms with Crippen LogP contribution in [0.25, 0.3) is 0 Å². The van der Waals surface area contributed by atoms with Crippen LogP contribution in [0.4, 0.5) is 0 Å². The summed E-state index contributed by atoms with van der Waals surface area (Å²) in [5, 5.41) is 7.40. The molecule has 2 fully saturated rings. The van der Waals surface area contributed by atoms with E-state index in [-0.39, 0.29) is 29.9 Å². The maximum absolute atomic E-state index is 12.6. The molecule has 0 bridgehead atoms. The molecule has 1 saturated heterocycles. The van der Waals surface area contributed by atoms with E-state index in [2.05, 4.69) is 10.6 Å². The van der Waals surface area contributed by atoms with E-state index >= 15 is 0 Å². The summed E-state index contributed by atoms with van der Waals surface area (Å²) in [6.45, 7) is 2.55. The highest BCUT2D eigenvalue weighted by atomic mass is 35.5. The molecule has 3 unspecified atom stereocenters. The fourth-order valence-electron chi connectivity index (χ4n) is 3.73. The van der Waals surface area contributed by atoms with Crippen LogP contribution < -0.4 is 10.6 Å². The summed E-state index contributed by atoms with van der Waals surface area (Å²) >= 11 is 6.19. The first-order chi connectivity index (χ1) is 12.4. The van der Waals surface area contributed by atoms with E-state index in [0.717, 1.165) is 12.0 Å². The summed E-state index contributed by atoms with van der Waals surface area (Å²) in [4.78, 5) is 26.0. The third-order valence-corrected chi connectivity index (χ3v) is 5.71. The number of carbonyl (C=O) groups is 2. The van der Waals surface area contributed by atoms with Crippen LogP contribution in [0.1, 0.15) is 44.6 Å². The van der Waals surface area contributed by atoms with Gasteiger partial charge in [-0.15, -0.1) is 0 Å². The minimum atomic E-state index is 0.0671. The molecule has 1 aromatic rings. The SMILES string of the molecule is CC(CC(=O)N(C)Cc1ccccc1Cl)NC1CCC(=O)NC1C1CC1. The van der Waals surface area contributed by atoms with Crippen LogP contribution >= 0.6 is 11.6 Å². The number of benzene rings is 1. The second kappa shape index (κ2) is 8.40. The molecule has 1 saturated carbocycles. The largest absolute Gasteiger partial charge is 0.352 e. The highest BCUT2D eigenvalue weighted by Crippen LogP contribution is 2.36. The van der Waals surface area contributed by atoms with Gasteiger partial charge in [0.1, 0.15) is 0 Å². The maximum Gasteiger partial charge on any atom is 0.224 e. The lowest BCUT2D eigenvalue weighted by molar-refractivity contribution is -0.131. The summed E-state index contributed by atoms with van der Waals surface area (Å²) in [5.74, 6) is 0.846. The first-order valence-electron chi connectivity index (χ1n) is 9.47. The van der Waals surface area contributed by atoms with Crippen molar-refractivity contribution in [3.8, 4) is 0 Å². The zero-order valence-electron chi connectivity index (χ0n) is 15.5. The molecular weight excluding hydrogens is 350 g/mol. The van der Waals surface area contributed by atoms with Crippen molar-refractivity contribution >= 4 is 23.4 Å². The number of hydrogen-bond acceptors (Lipinski definition) is 3. The van der Waals surface area contributed by atoms with Gasteiger partial charge in [0.25, 0.3) is 0 Å². The van der Waals surface area contributed by atoms with Gasteiger partial charge in [-0.25, -0.2) is 0 Å². The molecule has 6 heteroatoms. The predicted molar refractivity (Wildman–Crippen MR) is 103 cm³/mol. The molecule has 26 heavy (non-hydrogen) atoms. The Bertz CT molecular complexity index is 662. The highest BCUT2D eigenvalue weighted by molar-refractivity contribution is 6.31. The molecule has 2 amide bonds. The van der Waals surface area contributed by atoms with Gasteiger partial charge < -0.3 is 15.5 Å². The van der Waals surface area contributed by atoms with Crippen LogP contribution in [0.5, 0.6) is 0 Å². The number of rotatable bonds is 7. The summed E-state index contributed by atoms with van der Waals surface area (Å²) in [7, 11) is 1.81. The minimum Gasteiger partial charge on any atom is -0.352 e. The van der Waals surface area contributed by atoms with Gasteiger partial charge in [0.15, 0.2) is 0 Å².